The Morgan fingerprint density at radius 3 is 1.93 bits per heavy atom. The molecule has 4 aromatic rings. The monoisotopic (exact) mass is 650 g/mol. The van der Waals surface area contributed by atoms with Crippen molar-refractivity contribution in [3.63, 3.8) is 0 Å². The van der Waals surface area contributed by atoms with E-state index in [0.29, 0.717) is 11.4 Å². The molecule has 0 aliphatic carbocycles. The number of nitrogen functional groups attached to an aromatic ring is 1. The summed E-state index contributed by atoms with van der Waals surface area (Å²) in [6, 6.07) is 18.5. The van der Waals surface area contributed by atoms with Crippen LogP contribution in [0.15, 0.2) is 92.1 Å². The van der Waals surface area contributed by atoms with Gasteiger partial charge in [-0.1, -0.05) is 29.8 Å². The van der Waals surface area contributed by atoms with E-state index in [1.54, 1.807) is 37.4 Å². The highest BCUT2D eigenvalue weighted by Gasteiger charge is 2.24. The number of phenols is 1. The van der Waals surface area contributed by atoms with E-state index in [1.807, 2.05) is 25.1 Å². The number of aromatic hydroxyl groups is 1. The number of anilines is 2. The minimum Gasteiger partial charge on any atom is -0.505 e. The topological polar surface area (TPSA) is 265 Å². The van der Waals surface area contributed by atoms with E-state index >= 15 is 0 Å². The molecule has 4 rings (SSSR count). The summed E-state index contributed by atoms with van der Waals surface area (Å²) in [5, 5.41) is 30.6. The summed E-state index contributed by atoms with van der Waals surface area (Å²) in [5.41, 5.74) is 8.99. The van der Waals surface area contributed by atoms with Gasteiger partial charge in [-0.3, -0.25) is 4.55 Å². The predicted molar refractivity (Wildman–Crippen MR) is 155 cm³/mol. The number of fused-ring (bicyclic) bond motifs is 1. The van der Waals surface area contributed by atoms with Crippen LogP contribution >= 0.6 is 0 Å². The third kappa shape index (κ3) is 10.3. The zero-order chi connectivity index (χ0) is 32.3. The van der Waals surface area contributed by atoms with Crippen molar-refractivity contribution in [3.05, 3.63) is 72.3 Å². The minimum absolute atomic E-state index is 0.0615. The first-order valence-corrected chi connectivity index (χ1v) is 14.8. The number of rotatable bonds is 6. The number of nitrogens with one attached hydrogen (secondary N) is 1. The normalized spacial score (nSPS) is 11.0. The standard InChI is InChI=1S/C24H22N6O4S.2O3S/c1-14-6-9-16(10-7-14)27-29-19-11-8-15-12-20(35(32,33)34)23(24(31)21(15)22(19)25)30-28-18-5-3-4-17(13-18)26-2;2*1-4(2)3/h3-13,26,31H,25H2,1-2H3,(H,32,33,34);;. The lowest BCUT2D eigenvalue weighted by molar-refractivity contribution is 0.472. The molecule has 0 unspecified atom stereocenters. The number of benzene rings is 4. The van der Waals surface area contributed by atoms with Gasteiger partial charge in [-0.25, -0.2) is 0 Å². The Labute approximate surface area is 247 Å². The minimum atomic E-state index is -4.75. The molecule has 4 aromatic carbocycles. The summed E-state index contributed by atoms with van der Waals surface area (Å²) in [5.74, 6) is -0.562. The second-order valence-corrected chi connectivity index (χ2v) is 10.3. The molecular formula is C24H22N6O10S3. The number of aryl methyl sites for hydroxylation is 1. The van der Waals surface area contributed by atoms with E-state index in [0.717, 1.165) is 11.3 Å². The van der Waals surface area contributed by atoms with Crippen LogP contribution in [-0.2, 0) is 31.3 Å². The number of hydrogen-bond acceptors (Lipinski definition) is 15. The molecule has 0 fully saturated rings. The summed E-state index contributed by atoms with van der Waals surface area (Å²) < 4.78 is 84.6. The SMILES string of the molecule is CNc1cccc(N=Nc2c(S(=O)(=O)O)cc3ccc(N=Nc4ccc(C)cc4)c(N)c3c2O)c1.O=S(=O)=O.O=S(=O)=O. The maximum absolute atomic E-state index is 12.1. The second-order valence-electron chi connectivity index (χ2n) is 8.09. The van der Waals surface area contributed by atoms with Gasteiger partial charge in [-0.05, 0) is 54.8 Å². The fourth-order valence-corrected chi connectivity index (χ4v) is 4.05. The van der Waals surface area contributed by atoms with Crippen LogP contribution in [0.3, 0.4) is 0 Å². The Morgan fingerprint density at radius 2 is 1.37 bits per heavy atom. The van der Waals surface area contributed by atoms with Crippen LogP contribution in [0.4, 0.5) is 34.1 Å². The first kappa shape index (κ1) is 34.1. The summed E-state index contributed by atoms with van der Waals surface area (Å²) in [4.78, 5) is -0.607. The molecule has 0 aromatic heterocycles. The molecule has 43 heavy (non-hydrogen) atoms. The zero-order valence-corrected chi connectivity index (χ0v) is 24.6. The Morgan fingerprint density at radius 1 is 0.791 bits per heavy atom. The van der Waals surface area contributed by atoms with Crippen molar-refractivity contribution in [3.8, 4) is 5.75 Å². The molecule has 0 saturated heterocycles. The molecule has 0 atom stereocenters. The van der Waals surface area contributed by atoms with Crippen molar-refractivity contribution in [2.45, 2.75) is 11.8 Å². The maximum Gasteiger partial charge on any atom is 0.425 e. The number of azo groups is 2. The molecule has 5 N–H and O–H groups in total. The van der Waals surface area contributed by atoms with Gasteiger partial charge in [0.05, 0.1) is 22.4 Å². The molecule has 19 heteroatoms. The van der Waals surface area contributed by atoms with Crippen LogP contribution in [0.5, 0.6) is 5.75 Å². The third-order valence-electron chi connectivity index (χ3n) is 5.22. The summed E-state index contributed by atoms with van der Waals surface area (Å²) in [7, 11) is -9.23. The molecule has 0 radical (unpaired) electrons. The number of nitrogens with zero attached hydrogens (tertiary/aromatic N) is 4. The highest BCUT2D eigenvalue weighted by Crippen LogP contribution is 2.46. The lowest BCUT2D eigenvalue weighted by Crippen LogP contribution is -2.00. The Hall–Kier alpha value is -5.11. The molecule has 226 valence electrons. The number of phenolic OH excluding ortho intramolecular Hbond substituents is 1. The van der Waals surface area contributed by atoms with E-state index in [4.69, 9.17) is 31.0 Å². The summed E-state index contributed by atoms with van der Waals surface area (Å²) in [6.07, 6.45) is 0. The van der Waals surface area contributed by atoms with E-state index in [1.165, 1.54) is 18.2 Å². The van der Waals surface area contributed by atoms with Gasteiger partial charge in [0.15, 0.2) is 5.75 Å². The first-order chi connectivity index (χ1) is 20.1. The van der Waals surface area contributed by atoms with Gasteiger partial charge in [0.25, 0.3) is 10.1 Å². The van der Waals surface area contributed by atoms with Gasteiger partial charge >= 0.3 is 21.2 Å². The van der Waals surface area contributed by atoms with Crippen LogP contribution in [0.1, 0.15) is 5.56 Å². The van der Waals surface area contributed by atoms with Gasteiger partial charge in [0, 0.05) is 12.7 Å². The Kier molecular flexibility index (Phi) is 12.1. The van der Waals surface area contributed by atoms with E-state index in [2.05, 4.69) is 25.8 Å². The van der Waals surface area contributed by atoms with Gasteiger partial charge < -0.3 is 16.2 Å². The van der Waals surface area contributed by atoms with Crippen LogP contribution in [0.25, 0.3) is 10.8 Å². The number of nitrogens with two attached hydrogens (primary N) is 1. The molecule has 0 bridgehead atoms. The van der Waals surface area contributed by atoms with Crippen molar-refractivity contribution < 1.29 is 43.3 Å². The average molecular weight is 651 g/mol. The van der Waals surface area contributed by atoms with Crippen LogP contribution in [-0.4, -0.2) is 50.4 Å². The van der Waals surface area contributed by atoms with Crippen LogP contribution in [0, 0.1) is 6.92 Å². The quantitative estimate of drug-likeness (QED) is 0.127. The Bertz CT molecular complexity index is 1990. The fraction of sp³-hybridized carbons (Fsp3) is 0.0833. The van der Waals surface area contributed by atoms with Gasteiger partial charge in [-0.2, -0.15) is 18.6 Å². The molecular weight excluding hydrogens is 628 g/mol. The van der Waals surface area contributed by atoms with Gasteiger partial charge in [0.2, 0.25) is 0 Å². The van der Waals surface area contributed by atoms with E-state index in [9.17, 15) is 18.1 Å². The summed E-state index contributed by atoms with van der Waals surface area (Å²) >= 11 is 0. The first-order valence-electron chi connectivity index (χ1n) is 11.4. The van der Waals surface area contributed by atoms with Gasteiger partial charge in [-0.15, -0.1) is 35.5 Å². The second kappa shape index (κ2) is 15.2. The van der Waals surface area contributed by atoms with Crippen molar-refractivity contribution in [2.24, 2.45) is 20.5 Å². The van der Waals surface area contributed by atoms with Crippen molar-refractivity contribution in [1.82, 2.24) is 0 Å². The summed E-state index contributed by atoms with van der Waals surface area (Å²) in [6.45, 7) is 1.96. The highest BCUT2D eigenvalue weighted by molar-refractivity contribution is 7.86. The molecule has 0 saturated carbocycles. The number of hydrogen-bond donors (Lipinski definition) is 4. The van der Waals surface area contributed by atoms with Crippen molar-refractivity contribution in [2.75, 3.05) is 18.1 Å². The zero-order valence-electron chi connectivity index (χ0n) is 22.1. The predicted octanol–water partition coefficient (Wildman–Crippen LogP) is 4.55. The molecule has 0 heterocycles. The molecule has 0 aliphatic heterocycles. The van der Waals surface area contributed by atoms with Crippen molar-refractivity contribution >= 4 is 76.2 Å². The average Bonchev–Trinajstić information content (AvgIpc) is 2.91. The molecule has 0 amide bonds. The van der Waals surface area contributed by atoms with Crippen molar-refractivity contribution in [1.29, 1.82) is 0 Å². The largest absolute Gasteiger partial charge is 0.505 e. The molecule has 16 nitrogen and oxygen atoms in total. The fourth-order valence-electron chi connectivity index (χ4n) is 3.39. The molecule has 0 aliphatic rings. The van der Waals surface area contributed by atoms with E-state index in [-0.39, 0.29) is 22.1 Å². The maximum atomic E-state index is 12.1. The highest BCUT2D eigenvalue weighted by atomic mass is 32.2. The Balaban J connectivity index is 0.000000719. The lowest BCUT2D eigenvalue weighted by Gasteiger charge is -2.11. The smallest absolute Gasteiger partial charge is 0.425 e. The third-order valence-corrected chi connectivity index (χ3v) is 6.09. The van der Waals surface area contributed by atoms with Crippen LogP contribution in [0.2, 0.25) is 0 Å². The van der Waals surface area contributed by atoms with Gasteiger partial charge in [0.1, 0.15) is 16.3 Å². The van der Waals surface area contributed by atoms with Crippen LogP contribution < -0.4 is 11.1 Å². The lowest BCUT2D eigenvalue weighted by atomic mass is 10.1. The van der Waals surface area contributed by atoms with E-state index < -0.39 is 47.7 Å². The molecule has 0 spiro atoms.